The van der Waals surface area contributed by atoms with Gasteiger partial charge in [-0.1, -0.05) is 0 Å². The number of nitro benzene ring substituents is 1. The fraction of sp³-hybridized carbons (Fsp3) is 0.562. The van der Waals surface area contributed by atoms with Crippen LogP contribution in [0.4, 0.5) is 11.4 Å². The maximum absolute atomic E-state index is 11.9. The molecule has 1 aromatic carbocycles. The Morgan fingerprint density at radius 2 is 2.09 bits per heavy atom. The Bertz CT molecular complexity index is 637. The van der Waals surface area contributed by atoms with E-state index in [1.807, 2.05) is 6.07 Å². The minimum atomic E-state index is -0.658. The number of methoxy groups -OCH3 is 1. The van der Waals surface area contributed by atoms with Crippen LogP contribution in [0, 0.1) is 22.5 Å². The first-order chi connectivity index (χ1) is 10.5. The normalized spacial score (nSPS) is 19.1. The Morgan fingerprint density at radius 3 is 2.68 bits per heavy atom. The van der Waals surface area contributed by atoms with Crippen molar-refractivity contribution in [3.8, 4) is 0 Å². The zero-order valence-electron chi connectivity index (χ0n) is 12.9. The van der Waals surface area contributed by atoms with Gasteiger partial charge in [0, 0.05) is 24.3 Å². The number of ether oxygens (including phenoxy) is 1. The Morgan fingerprint density at radius 1 is 1.36 bits per heavy atom. The molecular weight excluding hydrogens is 284 g/mol. The number of piperidine rings is 1. The third kappa shape index (κ3) is 2.53. The van der Waals surface area contributed by atoms with E-state index in [1.54, 1.807) is 13.0 Å². The van der Waals surface area contributed by atoms with Crippen LogP contribution in [0.1, 0.15) is 41.6 Å². The Kier molecular flexibility index (Phi) is 3.54. The first kappa shape index (κ1) is 14.8. The summed E-state index contributed by atoms with van der Waals surface area (Å²) in [4.78, 5) is 24.9. The van der Waals surface area contributed by atoms with E-state index in [4.69, 9.17) is 4.74 Å². The number of carbonyl (C=O) groups excluding carboxylic acids is 1. The predicted octanol–water partition coefficient (Wildman–Crippen LogP) is 3.07. The molecule has 0 N–H and O–H groups in total. The second-order valence-electron chi connectivity index (χ2n) is 6.43. The Labute approximate surface area is 129 Å². The maximum Gasteiger partial charge on any atom is 0.344 e. The van der Waals surface area contributed by atoms with Crippen molar-refractivity contribution in [1.82, 2.24) is 0 Å². The van der Waals surface area contributed by atoms with Crippen LogP contribution in [-0.2, 0) is 4.74 Å². The summed E-state index contributed by atoms with van der Waals surface area (Å²) in [5, 5.41) is 11.2. The number of hydrogen-bond acceptors (Lipinski definition) is 5. The topological polar surface area (TPSA) is 72.7 Å². The highest BCUT2D eigenvalue weighted by Gasteiger charge is 2.45. The highest BCUT2D eigenvalue weighted by atomic mass is 16.6. The largest absolute Gasteiger partial charge is 0.465 e. The van der Waals surface area contributed by atoms with Crippen LogP contribution in [0.5, 0.6) is 0 Å². The molecule has 1 saturated carbocycles. The van der Waals surface area contributed by atoms with Gasteiger partial charge < -0.3 is 9.64 Å². The second kappa shape index (κ2) is 5.26. The number of anilines is 1. The van der Waals surface area contributed by atoms with Gasteiger partial charge in [0.2, 0.25) is 0 Å². The number of carbonyl (C=O) groups is 1. The second-order valence-corrected chi connectivity index (χ2v) is 6.43. The van der Waals surface area contributed by atoms with E-state index in [2.05, 4.69) is 4.90 Å². The quantitative estimate of drug-likeness (QED) is 0.487. The minimum Gasteiger partial charge on any atom is -0.465 e. The first-order valence-corrected chi connectivity index (χ1v) is 7.58. The van der Waals surface area contributed by atoms with Gasteiger partial charge in [-0.25, -0.2) is 4.79 Å². The van der Waals surface area contributed by atoms with Crippen molar-refractivity contribution in [2.24, 2.45) is 5.41 Å². The van der Waals surface area contributed by atoms with Gasteiger partial charge in [-0.15, -0.1) is 0 Å². The molecule has 1 aliphatic heterocycles. The molecule has 1 heterocycles. The van der Waals surface area contributed by atoms with Gasteiger partial charge >= 0.3 is 5.97 Å². The summed E-state index contributed by atoms with van der Waals surface area (Å²) < 4.78 is 4.72. The summed E-state index contributed by atoms with van der Waals surface area (Å²) in [6.45, 7) is 3.58. The summed E-state index contributed by atoms with van der Waals surface area (Å²) >= 11 is 0. The van der Waals surface area contributed by atoms with Crippen LogP contribution >= 0.6 is 0 Å². The van der Waals surface area contributed by atoms with E-state index in [9.17, 15) is 14.9 Å². The SMILES string of the molecule is COC(=O)c1cc(N2CCCC3(CC3)C2)cc(C)c1[N+](=O)[O-]. The number of hydrogen-bond donors (Lipinski definition) is 0. The number of nitro groups is 1. The molecule has 1 aliphatic carbocycles. The number of benzene rings is 1. The van der Waals surface area contributed by atoms with Gasteiger partial charge in [-0.05, 0) is 50.2 Å². The summed E-state index contributed by atoms with van der Waals surface area (Å²) in [7, 11) is 1.24. The van der Waals surface area contributed by atoms with Crippen molar-refractivity contribution in [2.45, 2.75) is 32.6 Å². The first-order valence-electron chi connectivity index (χ1n) is 7.58. The molecule has 0 atom stereocenters. The van der Waals surface area contributed by atoms with Gasteiger partial charge in [0.1, 0.15) is 5.56 Å². The van der Waals surface area contributed by atoms with E-state index in [1.165, 1.54) is 26.4 Å². The minimum absolute atomic E-state index is 0.0397. The van der Waals surface area contributed by atoms with Crippen LogP contribution in [0.25, 0.3) is 0 Å². The van der Waals surface area contributed by atoms with Crippen molar-refractivity contribution in [1.29, 1.82) is 0 Å². The lowest BCUT2D eigenvalue weighted by molar-refractivity contribution is -0.385. The molecule has 2 fully saturated rings. The molecule has 118 valence electrons. The fourth-order valence-corrected chi connectivity index (χ4v) is 3.46. The lowest BCUT2D eigenvalue weighted by atomic mass is 9.94. The molecule has 1 saturated heterocycles. The zero-order chi connectivity index (χ0) is 15.9. The summed E-state index contributed by atoms with van der Waals surface area (Å²) in [5.41, 5.74) is 1.71. The molecule has 22 heavy (non-hydrogen) atoms. The van der Waals surface area contributed by atoms with Crippen LogP contribution < -0.4 is 4.90 Å². The summed E-state index contributed by atoms with van der Waals surface area (Å²) in [6.07, 6.45) is 4.92. The average molecular weight is 304 g/mol. The molecule has 6 heteroatoms. The zero-order valence-corrected chi connectivity index (χ0v) is 12.9. The van der Waals surface area contributed by atoms with Gasteiger partial charge in [0.05, 0.1) is 12.0 Å². The number of nitrogens with zero attached hydrogens (tertiary/aromatic N) is 2. The Balaban J connectivity index is 2.00. The van der Waals surface area contributed by atoms with Gasteiger partial charge in [0.15, 0.2) is 0 Å². The molecular formula is C16H20N2O4. The van der Waals surface area contributed by atoms with Crippen LogP contribution in [-0.4, -0.2) is 31.1 Å². The highest BCUT2D eigenvalue weighted by Crippen LogP contribution is 2.52. The third-order valence-electron chi connectivity index (χ3n) is 4.86. The van der Waals surface area contributed by atoms with E-state index in [-0.39, 0.29) is 11.3 Å². The van der Waals surface area contributed by atoms with E-state index >= 15 is 0 Å². The molecule has 1 aromatic rings. The van der Waals surface area contributed by atoms with Gasteiger partial charge in [0.25, 0.3) is 5.69 Å². The number of aryl methyl sites for hydroxylation is 1. The van der Waals surface area contributed by atoms with E-state index in [0.717, 1.165) is 25.2 Å². The van der Waals surface area contributed by atoms with Gasteiger partial charge in [-0.2, -0.15) is 0 Å². The fourth-order valence-electron chi connectivity index (χ4n) is 3.46. The monoisotopic (exact) mass is 304 g/mol. The molecule has 0 aromatic heterocycles. The van der Waals surface area contributed by atoms with Crippen LogP contribution in [0.3, 0.4) is 0 Å². The average Bonchev–Trinajstić information content (AvgIpc) is 3.23. The standard InChI is InChI=1S/C16H20N2O4/c1-11-8-12(17-7-3-4-16(10-17)5-6-16)9-13(15(19)22-2)14(11)18(20)21/h8-9H,3-7,10H2,1-2H3. The lowest BCUT2D eigenvalue weighted by Gasteiger charge is -2.35. The summed E-state index contributed by atoms with van der Waals surface area (Å²) in [5.74, 6) is -0.658. The van der Waals surface area contributed by atoms with Crippen LogP contribution in [0.15, 0.2) is 12.1 Å². The molecule has 0 amide bonds. The molecule has 0 unspecified atom stereocenters. The predicted molar refractivity (Wildman–Crippen MR) is 82.3 cm³/mol. The summed E-state index contributed by atoms with van der Waals surface area (Å²) in [6, 6.07) is 3.42. The lowest BCUT2D eigenvalue weighted by Crippen LogP contribution is -2.36. The molecule has 2 aliphatic rings. The van der Waals surface area contributed by atoms with Crippen molar-refractivity contribution in [2.75, 3.05) is 25.1 Å². The molecule has 0 radical (unpaired) electrons. The van der Waals surface area contributed by atoms with Crippen molar-refractivity contribution >= 4 is 17.3 Å². The third-order valence-corrected chi connectivity index (χ3v) is 4.86. The maximum atomic E-state index is 11.9. The van der Waals surface area contributed by atoms with Crippen LogP contribution in [0.2, 0.25) is 0 Å². The smallest absolute Gasteiger partial charge is 0.344 e. The number of rotatable bonds is 3. The van der Waals surface area contributed by atoms with E-state index < -0.39 is 10.9 Å². The van der Waals surface area contributed by atoms with Crippen molar-refractivity contribution < 1.29 is 14.5 Å². The van der Waals surface area contributed by atoms with Gasteiger partial charge in [-0.3, -0.25) is 10.1 Å². The van der Waals surface area contributed by atoms with Crippen molar-refractivity contribution in [3.05, 3.63) is 33.4 Å². The van der Waals surface area contributed by atoms with Crippen molar-refractivity contribution in [3.63, 3.8) is 0 Å². The number of esters is 1. The van der Waals surface area contributed by atoms with E-state index in [0.29, 0.717) is 11.0 Å². The molecule has 1 spiro atoms. The molecule has 3 rings (SSSR count). The Hall–Kier alpha value is -2.11. The molecule has 6 nitrogen and oxygen atoms in total. The molecule has 0 bridgehead atoms. The highest BCUT2D eigenvalue weighted by molar-refractivity contribution is 5.95.